The molecule has 0 N–H and O–H groups in total. The van der Waals surface area contributed by atoms with Crippen molar-refractivity contribution in [3.8, 4) is 5.69 Å². The topological polar surface area (TPSA) is 52.7 Å². The first-order valence-corrected chi connectivity index (χ1v) is 6.90. The van der Waals surface area contributed by atoms with Crippen LogP contribution in [0.1, 0.15) is 10.6 Å². The molecular formula is C14H12N4OS. The lowest BCUT2D eigenvalue weighted by molar-refractivity contribution is 0.703. The average Bonchev–Trinajstić information content (AvgIpc) is 3.09. The van der Waals surface area contributed by atoms with Crippen molar-refractivity contribution in [1.82, 2.24) is 19.3 Å². The molecule has 0 atom stereocenters. The average molecular weight is 284 g/mol. The van der Waals surface area contributed by atoms with Crippen molar-refractivity contribution in [2.45, 2.75) is 0 Å². The van der Waals surface area contributed by atoms with Crippen molar-refractivity contribution in [2.75, 3.05) is 0 Å². The lowest BCUT2D eigenvalue weighted by Crippen LogP contribution is -2.18. The Kier molecular flexibility index (Phi) is 3.30. The van der Waals surface area contributed by atoms with E-state index >= 15 is 0 Å². The minimum Gasteiger partial charge on any atom is -0.305 e. The second kappa shape index (κ2) is 5.26. The van der Waals surface area contributed by atoms with Crippen LogP contribution in [0.25, 0.3) is 17.8 Å². The molecule has 0 saturated heterocycles. The molecule has 6 heteroatoms. The normalized spacial score (nSPS) is 11.2. The van der Waals surface area contributed by atoms with Crippen molar-refractivity contribution in [3.05, 3.63) is 63.2 Å². The van der Waals surface area contributed by atoms with Crippen LogP contribution in [0.3, 0.4) is 0 Å². The van der Waals surface area contributed by atoms with Gasteiger partial charge in [0, 0.05) is 35.8 Å². The molecule has 3 aromatic rings. The Labute approximate surface area is 119 Å². The molecule has 0 aliphatic rings. The van der Waals surface area contributed by atoms with Gasteiger partial charge in [0.2, 0.25) is 0 Å². The first kappa shape index (κ1) is 12.6. The molecule has 0 spiro atoms. The molecule has 0 fully saturated rings. The summed E-state index contributed by atoms with van der Waals surface area (Å²) in [6, 6.07) is 5.30. The summed E-state index contributed by atoms with van der Waals surface area (Å²) in [5, 5.41) is 6.22. The van der Waals surface area contributed by atoms with Gasteiger partial charge in [0.15, 0.2) is 0 Å². The molecule has 5 nitrogen and oxygen atoms in total. The van der Waals surface area contributed by atoms with E-state index in [1.54, 1.807) is 37.0 Å². The Morgan fingerprint density at radius 2 is 2.20 bits per heavy atom. The Morgan fingerprint density at radius 1 is 1.30 bits per heavy atom. The molecular weight excluding hydrogens is 272 g/mol. The van der Waals surface area contributed by atoms with Gasteiger partial charge in [-0.15, -0.1) is 11.3 Å². The van der Waals surface area contributed by atoms with Crippen LogP contribution in [0.4, 0.5) is 0 Å². The van der Waals surface area contributed by atoms with Crippen LogP contribution in [-0.2, 0) is 7.05 Å². The number of hydrogen-bond donors (Lipinski definition) is 0. The number of rotatable bonds is 3. The van der Waals surface area contributed by atoms with E-state index in [0.29, 0.717) is 0 Å². The molecule has 0 aliphatic carbocycles. The molecule has 0 bridgehead atoms. The minimum atomic E-state index is -0.110. The molecule has 20 heavy (non-hydrogen) atoms. The van der Waals surface area contributed by atoms with Crippen molar-refractivity contribution >= 4 is 23.5 Å². The summed E-state index contributed by atoms with van der Waals surface area (Å²) < 4.78 is 3.28. The van der Waals surface area contributed by atoms with E-state index in [1.165, 1.54) is 10.7 Å². The number of aromatic nitrogens is 4. The van der Waals surface area contributed by atoms with Gasteiger partial charge >= 0.3 is 0 Å². The third-order valence-electron chi connectivity index (χ3n) is 2.81. The molecule has 3 rings (SSSR count). The molecule has 3 aromatic heterocycles. The van der Waals surface area contributed by atoms with E-state index in [1.807, 2.05) is 22.9 Å². The van der Waals surface area contributed by atoms with Crippen LogP contribution >= 0.6 is 11.3 Å². The third-order valence-corrected chi connectivity index (χ3v) is 3.69. The lowest BCUT2D eigenvalue weighted by atomic mass is 10.3. The van der Waals surface area contributed by atoms with Gasteiger partial charge in [0.1, 0.15) is 0 Å². The van der Waals surface area contributed by atoms with Gasteiger partial charge in [-0.1, -0.05) is 0 Å². The van der Waals surface area contributed by atoms with E-state index in [4.69, 9.17) is 0 Å². The number of thiophene rings is 1. The van der Waals surface area contributed by atoms with Gasteiger partial charge in [0.25, 0.3) is 5.56 Å². The van der Waals surface area contributed by atoms with Gasteiger partial charge in [-0.3, -0.25) is 4.79 Å². The molecule has 100 valence electrons. The zero-order valence-corrected chi connectivity index (χ0v) is 11.6. The summed E-state index contributed by atoms with van der Waals surface area (Å²) >= 11 is 1.64. The van der Waals surface area contributed by atoms with Gasteiger partial charge in [-0.25, -0.2) is 9.67 Å². The Balaban J connectivity index is 1.82. The van der Waals surface area contributed by atoms with Crippen LogP contribution in [-0.4, -0.2) is 19.3 Å². The molecule has 0 radical (unpaired) electrons. The molecule has 0 aliphatic heterocycles. The first-order chi connectivity index (χ1) is 9.72. The van der Waals surface area contributed by atoms with Crippen LogP contribution < -0.4 is 5.56 Å². The minimum absolute atomic E-state index is 0.110. The highest BCUT2D eigenvalue weighted by molar-refractivity contribution is 7.11. The quantitative estimate of drug-likeness (QED) is 0.741. The standard InChI is InChI=1S/C14H12N4OS/c1-17-14(19)5-3-11(16-17)2-4-13-8-12(9-20-13)18-7-6-15-10-18/h2-10H,1H3. The summed E-state index contributed by atoms with van der Waals surface area (Å²) in [6.07, 6.45) is 9.30. The number of aryl methyl sites for hydroxylation is 1. The third kappa shape index (κ3) is 2.60. The second-order valence-corrected chi connectivity index (χ2v) is 5.17. The monoisotopic (exact) mass is 284 g/mol. The maximum Gasteiger partial charge on any atom is 0.266 e. The van der Waals surface area contributed by atoms with E-state index in [0.717, 1.165) is 16.3 Å². The zero-order valence-electron chi connectivity index (χ0n) is 10.8. The fraction of sp³-hybridized carbons (Fsp3) is 0.0714. The van der Waals surface area contributed by atoms with Gasteiger partial charge < -0.3 is 4.57 Å². The maximum absolute atomic E-state index is 11.2. The number of nitrogens with zero attached hydrogens (tertiary/aromatic N) is 4. The Hall–Kier alpha value is -2.47. The highest BCUT2D eigenvalue weighted by atomic mass is 32.1. The van der Waals surface area contributed by atoms with Crippen molar-refractivity contribution in [1.29, 1.82) is 0 Å². The second-order valence-electron chi connectivity index (χ2n) is 4.23. The summed E-state index contributed by atoms with van der Waals surface area (Å²) in [4.78, 5) is 16.4. The predicted molar refractivity (Wildman–Crippen MR) is 79.8 cm³/mol. The van der Waals surface area contributed by atoms with E-state index in [-0.39, 0.29) is 5.56 Å². The summed E-state index contributed by atoms with van der Waals surface area (Å²) in [5.74, 6) is 0. The SMILES string of the molecule is Cn1nc(C=Cc2cc(-n3ccnc3)cs2)ccc1=O. The smallest absolute Gasteiger partial charge is 0.266 e. The molecule has 0 amide bonds. The first-order valence-electron chi connectivity index (χ1n) is 6.02. The maximum atomic E-state index is 11.2. The van der Waals surface area contributed by atoms with Crippen LogP contribution in [0, 0.1) is 0 Å². The van der Waals surface area contributed by atoms with Crippen molar-refractivity contribution in [2.24, 2.45) is 7.05 Å². The van der Waals surface area contributed by atoms with Crippen molar-refractivity contribution in [3.63, 3.8) is 0 Å². The van der Waals surface area contributed by atoms with E-state index in [2.05, 4.69) is 21.5 Å². The fourth-order valence-corrected chi connectivity index (χ4v) is 2.54. The van der Waals surface area contributed by atoms with Crippen LogP contribution in [0.5, 0.6) is 0 Å². The summed E-state index contributed by atoms with van der Waals surface area (Å²) in [5.41, 5.74) is 1.73. The molecule has 0 aromatic carbocycles. The number of hydrogen-bond acceptors (Lipinski definition) is 4. The Morgan fingerprint density at radius 3 is 2.95 bits per heavy atom. The van der Waals surface area contributed by atoms with Crippen LogP contribution in [0.15, 0.2) is 47.1 Å². The fourth-order valence-electron chi connectivity index (χ4n) is 1.75. The van der Waals surface area contributed by atoms with E-state index in [9.17, 15) is 4.79 Å². The van der Waals surface area contributed by atoms with Gasteiger partial charge in [-0.05, 0) is 24.3 Å². The summed E-state index contributed by atoms with van der Waals surface area (Å²) in [7, 11) is 1.64. The van der Waals surface area contributed by atoms with Crippen LogP contribution in [0.2, 0.25) is 0 Å². The molecule has 0 saturated carbocycles. The van der Waals surface area contributed by atoms with E-state index < -0.39 is 0 Å². The molecule has 0 unspecified atom stereocenters. The Bertz CT molecular complexity index is 799. The lowest BCUT2D eigenvalue weighted by Gasteiger charge is -1.96. The highest BCUT2D eigenvalue weighted by Crippen LogP contribution is 2.20. The summed E-state index contributed by atoms with van der Waals surface area (Å²) in [6.45, 7) is 0. The zero-order chi connectivity index (χ0) is 13.9. The van der Waals surface area contributed by atoms with Gasteiger partial charge in [0.05, 0.1) is 17.7 Å². The van der Waals surface area contributed by atoms with Gasteiger partial charge in [-0.2, -0.15) is 5.10 Å². The molecule has 3 heterocycles. The van der Waals surface area contributed by atoms with Crippen molar-refractivity contribution < 1.29 is 0 Å². The predicted octanol–water partition coefficient (Wildman–Crippen LogP) is 2.20. The highest BCUT2D eigenvalue weighted by Gasteiger charge is 1.99. The number of imidazole rings is 1. The largest absolute Gasteiger partial charge is 0.305 e.